The van der Waals surface area contributed by atoms with Gasteiger partial charge in [0.05, 0.1) is 0 Å². The summed E-state index contributed by atoms with van der Waals surface area (Å²) in [4.78, 5) is 2.36. The first-order valence-corrected chi connectivity index (χ1v) is 5.12. The molecule has 0 aliphatic heterocycles. The summed E-state index contributed by atoms with van der Waals surface area (Å²) in [5, 5.41) is 3.50. The van der Waals surface area contributed by atoms with Crippen molar-refractivity contribution in [3.8, 4) is 0 Å². The van der Waals surface area contributed by atoms with Crippen LogP contribution >= 0.6 is 0 Å². The molecular formula is C10H22N2. The molecule has 0 amide bonds. The van der Waals surface area contributed by atoms with E-state index >= 15 is 0 Å². The lowest BCUT2D eigenvalue weighted by Gasteiger charge is -2.41. The number of nitrogens with one attached hydrogen (secondary N) is 1. The van der Waals surface area contributed by atoms with E-state index in [2.05, 4.69) is 31.2 Å². The maximum absolute atomic E-state index is 3.50. The highest BCUT2D eigenvalue weighted by Gasteiger charge is 2.31. The van der Waals surface area contributed by atoms with Crippen LogP contribution in [0.1, 0.15) is 26.2 Å². The van der Waals surface area contributed by atoms with Gasteiger partial charge in [0, 0.05) is 6.04 Å². The summed E-state index contributed by atoms with van der Waals surface area (Å²) >= 11 is 0. The molecule has 2 atom stereocenters. The maximum Gasteiger partial charge on any atom is 0.0130 e. The summed E-state index contributed by atoms with van der Waals surface area (Å²) in [7, 11) is 4.38. The van der Waals surface area contributed by atoms with Gasteiger partial charge in [-0.05, 0) is 52.4 Å². The molecule has 1 aliphatic carbocycles. The highest BCUT2D eigenvalue weighted by atomic mass is 15.1. The molecular weight excluding hydrogens is 148 g/mol. The molecule has 0 radical (unpaired) electrons. The first kappa shape index (κ1) is 10.0. The number of hydrogen-bond donors (Lipinski definition) is 1. The van der Waals surface area contributed by atoms with Gasteiger partial charge in [0.2, 0.25) is 0 Å². The van der Waals surface area contributed by atoms with Crippen LogP contribution in [0.15, 0.2) is 0 Å². The third-order valence-electron chi connectivity index (χ3n) is 2.87. The summed E-state index contributed by atoms with van der Waals surface area (Å²) in [5.41, 5.74) is 0. The van der Waals surface area contributed by atoms with Crippen molar-refractivity contribution in [2.24, 2.45) is 5.92 Å². The van der Waals surface area contributed by atoms with E-state index in [0.717, 1.165) is 12.0 Å². The Hall–Kier alpha value is -0.0800. The van der Waals surface area contributed by atoms with Crippen molar-refractivity contribution in [1.82, 2.24) is 10.2 Å². The highest BCUT2D eigenvalue weighted by molar-refractivity contribution is 4.87. The zero-order valence-corrected chi connectivity index (χ0v) is 8.64. The van der Waals surface area contributed by atoms with Gasteiger partial charge < -0.3 is 10.2 Å². The fourth-order valence-corrected chi connectivity index (χ4v) is 1.93. The Morgan fingerprint density at radius 1 is 1.33 bits per heavy atom. The van der Waals surface area contributed by atoms with Crippen molar-refractivity contribution in [3.63, 3.8) is 0 Å². The fraction of sp³-hybridized carbons (Fsp3) is 1.00. The SMILES string of the molecule is CCCNCC1CCC1N(C)C. The van der Waals surface area contributed by atoms with Gasteiger partial charge in [0.1, 0.15) is 0 Å². The Kier molecular flexibility index (Phi) is 4.02. The lowest BCUT2D eigenvalue weighted by molar-refractivity contribution is 0.106. The molecule has 1 rings (SSSR count). The van der Waals surface area contributed by atoms with Crippen molar-refractivity contribution in [1.29, 1.82) is 0 Å². The minimum atomic E-state index is 0.842. The second-order valence-electron chi connectivity index (χ2n) is 4.07. The van der Waals surface area contributed by atoms with E-state index < -0.39 is 0 Å². The Morgan fingerprint density at radius 2 is 2.08 bits per heavy atom. The van der Waals surface area contributed by atoms with E-state index in [0.29, 0.717) is 0 Å². The van der Waals surface area contributed by atoms with Crippen LogP contribution in [0.25, 0.3) is 0 Å². The van der Waals surface area contributed by atoms with Crippen molar-refractivity contribution in [2.45, 2.75) is 32.2 Å². The second-order valence-corrected chi connectivity index (χ2v) is 4.07. The van der Waals surface area contributed by atoms with Crippen molar-refractivity contribution >= 4 is 0 Å². The van der Waals surface area contributed by atoms with E-state index in [1.807, 2.05) is 0 Å². The Bertz CT molecular complexity index is 123. The zero-order chi connectivity index (χ0) is 8.97. The molecule has 1 N–H and O–H groups in total. The molecule has 1 saturated carbocycles. The average molecular weight is 170 g/mol. The maximum atomic E-state index is 3.50. The number of rotatable bonds is 5. The van der Waals surface area contributed by atoms with Gasteiger partial charge >= 0.3 is 0 Å². The summed E-state index contributed by atoms with van der Waals surface area (Å²) in [6.45, 7) is 4.62. The number of nitrogens with zero attached hydrogens (tertiary/aromatic N) is 1. The molecule has 0 bridgehead atoms. The molecule has 2 heteroatoms. The molecule has 1 fully saturated rings. The van der Waals surface area contributed by atoms with Crippen LogP contribution in [0.4, 0.5) is 0 Å². The van der Waals surface area contributed by atoms with Crippen molar-refractivity contribution < 1.29 is 0 Å². The monoisotopic (exact) mass is 170 g/mol. The average Bonchev–Trinajstić information content (AvgIpc) is 1.94. The topological polar surface area (TPSA) is 15.3 Å². The Balaban J connectivity index is 2.08. The van der Waals surface area contributed by atoms with Gasteiger partial charge in [0.25, 0.3) is 0 Å². The molecule has 0 heterocycles. The van der Waals surface area contributed by atoms with Gasteiger partial charge in [-0.1, -0.05) is 6.92 Å². The third-order valence-corrected chi connectivity index (χ3v) is 2.87. The third kappa shape index (κ3) is 2.46. The summed E-state index contributed by atoms with van der Waals surface area (Å²) in [6.07, 6.45) is 4.06. The Morgan fingerprint density at radius 3 is 2.50 bits per heavy atom. The minimum absolute atomic E-state index is 0.842. The molecule has 0 aromatic heterocycles. The van der Waals surface area contributed by atoms with Crippen molar-refractivity contribution in [2.75, 3.05) is 27.2 Å². The van der Waals surface area contributed by atoms with E-state index in [-0.39, 0.29) is 0 Å². The molecule has 72 valence electrons. The summed E-state index contributed by atoms with van der Waals surface area (Å²) < 4.78 is 0. The molecule has 2 nitrogen and oxygen atoms in total. The first-order chi connectivity index (χ1) is 5.75. The summed E-state index contributed by atoms with van der Waals surface area (Å²) in [6, 6.07) is 0.842. The fourth-order valence-electron chi connectivity index (χ4n) is 1.93. The van der Waals surface area contributed by atoms with E-state index in [1.54, 1.807) is 0 Å². The molecule has 0 aromatic carbocycles. The van der Waals surface area contributed by atoms with Crippen LogP contribution in [0, 0.1) is 5.92 Å². The standard InChI is InChI=1S/C10H22N2/c1-4-7-11-8-9-5-6-10(9)12(2)3/h9-11H,4-8H2,1-3H3. The minimum Gasteiger partial charge on any atom is -0.316 e. The van der Waals surface area contributed by atoms with Crippen LogP contribution in [-0.4, -0.2) is 38.1 Å². The molecule has 12 heavy (non-hydrogen) atoms. The van der Waals surface area contributed by atoms with Crippen LogP contribution in [0.2, 0.25) is 0 Å². The van der Waals surface area contributed by atoms with Crippen LogP contribution < -0.4 is 5.32 Å². The smallest absolute Gasteiger partial charge is 0.0130 e. The Labute approximate surface area is 76.3 Å². The van der Waals surface area contributed by atoms with Gasteiger partial charge in [-0.3, -0.25) is 0 Å². The van der Waals surface area contributed by atoms with Gasteiger partial charge in [-0.15, -0.1) is 0 Å². The first-order valence-electron chi connectivity index (χ1n) is 5.12. The van der Waals surface area contributed by atoms with E-state index in [4.69, 9.17) is 0 Å². The lowest BCUT2D eigenvalue weighted by atomic mass is 9.79. The van der Waals surface area contributed by atoms with Crippen LogP contribution in [-0.2, 0) is 0 Å². The predicted octanol–water partition coefficient (Wildman–Crippen LogP) is 1.33. The molecule has 0 saturated heterocycles. The highest BCUT2D eigenvalue weighted by Crippen LogP contribution is 2.29. The van der Waals surface area contributed by atoms with Gasteiger partial charge in [-0.25, -0.2) is 0 Å². The lowest BCUT2D eigenvalue weighted by Crippen LogP contribution is -2.47. The molecule has 0 spiro atoms. The molecule has 1 aliphatic rings. The normalized spacial score (nSPS) is 29.0. The summed E-state index contributed by atoms with van der Waals surface area (Å²) in [5.74, 6) is 0.909. The van der Waals surface area contributed by atoms with Gasteiger partial charge in [0.15, 0.2) is 0 Å². The van der Waals surface area contributed by atoms with Crippen molar-refractivity contribution in [3.05, 3.63) is 0 Å². The number of hydrogen-bond acceptors (Lipinski definition) is 2. The van der Waals surface area contributed by atoms with Gasteiger partial charge in [-0.2, -0.15) is 0 Å². The van der Waals surface area contributed by atoms with Crippen LogP contribution in [0.5, 0.6) is 0 Å². The molecule has 2 unspecified atom stereocenters. The molecule has 0 aromatic rings. The zero-order valence-electron chi connectivity index (χ0n) is 8.64. The van der Waals surface area contributed by atoms with E-state index in [1.165, 1.54) is 32.4 Å². The quantitative estimate of drug-likeness (QED) is 0.626. The van der Waals surface area contributed by atoms with E-state index in [9.17, 15) is 0 Å². The van der Waals surface area contributed by atoms with Crippen LogP contribution in [0.3, 0.4) is 0 Å². The second kappa shape index (κ2) is 4.83. The largest absolute Gasteiger partial charge is 0.316 e. The predicted molar refractivity (Wildman–Crippen MR) is 53.4 cm³/mol.